The molecule has 1 aliphatic rings. The fourth-order valence-electron chi connectivity index (χ4n) is 1.23. The molecule has 10 heavy (non-hydrogen) atoms. The van der Waals surface area contributed by atoms with E-state index >= 15 is 0 Å². The zero-order chi connectivity index (χ0) is 7.56. The van der Waals surface area contributed by atoms with E-state index in [0.29, 0.717) is 6.54 Å². The summed E-state index contributed by atoms with van der Waals surface area (Å²) in [4.78, 5) is 2.15. The van der Waals surface area contributed by atoms with Crippen LogP contribution in [0.15, 0.2) is 23.4 Å². The molecule has 0 unspecified atom stereocenters. The van der Waals surface area contributed by atoms with Crippen LogP contribution in [0.1, 0.15) is 6.92 Å². The maximum atomic E-state index is 5.49. The van der Waals surface area contributed by atoms with Crippen LogP contribution in [-0.4, -0.2) is 25.0 Å². The quantitative estimate of drug-likeness (QED) is 0.578. The van der Waals surface area contributed by atoms with Gasteiger partial charge in [-0.25, -0.2) is 0 Å². The van der Waals surface area contributed by atoms with Gasteiger partial charge in [-0.15, -0.1) is 0 Å². The van der Waals surface area contributed by atoms with Crippen LogP contribution < -0.4 is 5.73 Å². The summed E-state index contributed by atoms with van der Waals surface area (Å²) in [6.45, 7) is 3.80. The maximum Gasteiger partial charge on any atom is 0.0380 e. The number of likely N-dealkylation sites (N-methyl/N-ethyl adjacent to an activating group) is 1. The summed E-state index contributed by atoms with van der Waals surface area (Å²) in [5.74, 6) is 0. The van der Waals surface area contributed by atoms with Gasteiger partial charge >= 0.3 is 0 Å². The van der Waals surface area contributed by atoms with Gasteiger partial charge in [0, 0.05) is 26.3 Å². The number of nitrogens with two attached hydrogens (primary N) is 1. The summed E-state index contributed by atoms with van der Waals surface area (Å²) in [5.41, 5.74) is 8.08. The van der Waals surface area contributed by atoms with Gasteiger partial charge in [-0.1, -0.05) is 11.6 Å². The average Bonchev–Trinajstić information content (AvgIpc) is 1.85. The Kier molecular flexibility index (Phi) is 2.12. The standard InChI is InChI=1S/C8H14N2/c1-7-3-8(4-9)6-10(2)5-7/h3,6H,4-5,9H2,1-2H3. The summed E-state index contributed by atoms with van der Waals surface area (Å²) in [5, 5.41) is 0. The molecule has 0 bridgehead atoms. The van der Waals surface area contributed by atoms with Crippen molar-refractivity contribution < 1.29 is 0 Å². The Morgan fingerprint density at radius 1 is 1.70 bits per heavy atom. The Morgan fingerprint density at radius 2 is 2.40 bits per heavy atom. The van der Waals surface area contributed by atoms with E-state index < -0.39 is 0 Å². The molecule has 1 heterocycles. The Hall–Kier alpha value is -0.760. The van der Waals surface area contributed by atoms with Gasteiger partial charge in [0.1, 0.15) is 0 Å². The Bertz CT molecular complexity index is 180. The SMILES string of the molecule is CC1=CC(CN)=CN(C)C1. The molecule has 0 aromatic rings. The molecule has 0 fully saturated rings. The largest absolute Gasteiger partial charge is 0.376 e. The molecular formula is C8H14N2. The molecule has 0 spiro atoms. The number of rotatable bonds is 1. The van der Waals surface area contributed by atoms with E-state index in [1.165, 1.54) is 11.1 Å². The molecule has 2 N–H and O–H groups in total. The van der Waals surface area contributed by atoms with Crippen molar-refractivity contribution in [2.75, 3.05) is 20.1 Å². The van der Waals surface area contributed by atoms with Crippen molar-refractivity contribution in [2.45, 2.75) is 6.92 Å². The average molecular weight is 138 g/mol. The summed E-state index contributed by atoms with van der Waals surface area (Å²) < 4.78 is 0. The monoisotopic (exact) mass is 138 g/mol. The zero-order valence-electron chi connectivity index (χ0n) is 6.59. The van der Waals surface area contributed by atoms with Gasteiger partial charge in [-0.3, -0.25) is 0 Å². The van der Waals surface area contributed by atoms with Crippen LogP contribution in [0.5, 0.6) is 0 Å². The van der Waals surface area contributed by atoms with Gasteiger partial charge in [-0.05, 0) is 12.5 Å². The van der Waals surface area contributed by atoms with Crippen molar-refractivity contribution in [3.63, 3.8) is 0 Å². The van der Waals surface area contributed by atoms with Crippen LogP contribution in [0.4, 0.5) is 0 Å². The minimum absolute atomic E-state index is 0.641. The predicted octanol–water partition coefficient (Wildman–Crippen LogP) is 0.721. The Labute approximate surface area is 62.0 Å². The van der Waals surface area contributed by atoms with E-state index in [9.17, 15) is 0 Å². The molecule has 0 aromatic carbocycles. The lowest BCUT2D eigenvalue weighted by atomic mass is 10.1. The first kappa shape index (κ1) is 7.35. The molecule has 0 amide bonds. The van der Waals surface area contributed by atoms with Crippen molar-refractivity contribution in [2.24, 2.45) is 5.73 Å². The second kappa shape index (κ2) is 2.88. The topological polar surface area (TPSA) is 29.3 Å². The van der Waals surface area contributed by atoms with Crippen LogP contribution in [0.25, 0.3) is 0 Å². The van der Waals surface area contributed by atoms with Gasteiger partial charge in [0.25, 0.3) is 0 Å². The zero-order valence-corrected chi connectivity index (χ0v) is 6.59. The Balaban J connectivity index is 2.72. The summed E-state index contributed by atoms with van der Waals surface area (Å²) >= 11 is 0. The first-order valence-corrected chi connectivity index (χ1v) is 3.50. The highest BCUT2D eigenvalue weighted by Gasteiger charge is 2.02. The number of hydrogen-bond donors (Lipinski definition) is 1. The second-order valence-corrected chi connectivity index (χ2v) is 2.81. The Morgan fingerprint density at radius 3 is 2.90 bits per heavy atom. The van der Waals surface area contributed by atoms with E-state index in [0.717, 1.165) is 6.54 Å². The number of nitrogens with zero attached hydrogens (tertiary/aromatic N) is 1. The second-order valence-electron chi connectivity index (χ2n) is 2.81. The van der Waals surface area contributed by atoms with Gasteiger partial charge in [0.15, 0.2) is 0 Å². The lowest BCUT2D eigenvalue weighted by Crippen LogP contribution is -2.19. The fraction of sp³-hybridized carbons (Fsp3) is 0.500. The highest BCUT2D eigenvalue weighted by molar-refractivity contribution is 5.27. The first-order valence-electron chi connectivity index (χ1n) is 3.50. The minimum atomic E-state index is 0.641. The van der Waals surface area contributed by atoms with E-state index in [1.54, 1.807) is 0 Å². The van der Waals surface area contributed by atoms with E-state index in [4.69, 9.17) is 5.73 Å². The fourth-order valence-corrected chi connectivity index (χ4v) is 1.23. The third-order valence-electron chi connectivity index (χ3n) is 1.55. The van der Waals surface area contributed by atoms with Gasteiger partial charge in [-0.2, -0.15) is 0 Å². The number of hydrogen-bond acceptors (Lipinski definition) is 2. The van der Waals surface area contributed by atoms with E-state index in [1.807, 2.05) is 0 Å². The third kappa shape index (κ3) is 1.61. The molecule has 0 atom stereocenters. The molecule has 0 aromatic heterocycles. The highest BCUT2D eigenvalue weighted by atomic mass is 15.1. The predicted molar refractivity (Wildman–Crippen MR) is 43.5 cm³/mol. The van der Waals surface area contributed by atoms with Crippen LogP contribution in [0.3, 0.4) is 0 Å². The van der Waals surface area contributed by atoms with Crippen LogP contribution in [0.2, 0.25) is 0 Å². The van der Waals surface area contributed by atoms with Crippen molar-refractivity contribution in [3.05, 3.63) is 23.4 Å². The lowest BCUT2D eigenvalue weighted by molar-refractivity contribution is 0.485. The van der Waals surface area contributed by atoms with Crippen LogP contribution >= 0.6 is 0 Å². The molecule has 0 saturated carbocycles. The normalized spacial score (nSPS) is 18.5. The molecule has 0 saturated heterocycles. The molecule has 2 heteroatoms. The molecular weight excluding hydrogens is 124 g/mol. The molecule has 0 radical (unpaired) electrons. The smallest absolute Gasteiger partial charge is 0.0380 e. The third-order valence-corrected chi connectivity index (χ3v) is 1.55. The molecule has 2 nitrogen and oxygen atoms in total. The van der Waals surface area contributed by atoms with E-state index in [2.05, 4.69) is 31.1 Å². The molecule has 1 rings (SSSR count). The maximum absolute atomic E-state index is 5.49. The van der Waals surface area contributed by atoms with Crippen LogP contribution in [0, 0.1) is 0 Å². The van der Waals surface area contributed by atoms with Crippen molar-refractivity contribution in [1.29, 1.82) is 0 Å². The summed E-state index contributed by atoms with van der Waals surface area (Å²) in [6, 6.07) is 0. The highest BCUT2D eigenvalue weighted by Crippen LogP contribution is 2.09. The van der Waals surface area contributed by atoms with Crippen molar-refractivity contribution in [3.8, 4) is 0 Å². The van der Waals surface area contributed by atoms with Crippen molar-refractivity contribution in [1.82, 2.24) is 4.90 Å². The minimum Gasteiger partial charge on any atom is -0.376 e. The lowest BCUT2D eigenvalue weighted by Gasteiger charge is -2.20. The van der Waals surface area contributed by atoms with Crippen LogP contribution in [-0.2, 0) is 0 Å². The van der Waals surface area contributed by atoms with Gasteiger partial charge in [0.05, 0.1) is 0 Å². The molecule has 56 valence electrons. The molecule has 0 aliphatic carbocycles. The molecule has 1 aliphatic heterocycles. The van der Waals surface area contributed by atoms with Crippen molar-refractivity contribution >= 4 is 0 Å². The van der Waals surface area contributed by atoms with Gasteiger partial charge in [0.2, 0.25) is 0 Å². The first-order chi connectivity index (χ1) is 4.72. The van der Waals surface area contributed by atoms with E-state index in [-0.39, 0.29) is 0 Å². The van der Waals surface area contributed by atoms with Gasteiger partial charge < -0.3 is 10.6 Å². The summed E-state index contributed by atoms with van der Waals surface area (Å²) in [7, 11) is 2.06. The summed E-state index contributed by atoms with van der Waals surface area (Å²) in [6.07, 6.45) is 4.24.